The van der Waals surface area contributed by atoms with Crippen LogP contribution in [0.4, 0.5) is 0 Å². The Bertz CT molecular complexity index is 307. The Kier molecular flexibility index (Phi) is 4.42. The normalized spacial score (nSPS) is 34.4. The molecule has 5 heteroatoms. The van der Waals surface area contributed by atoms with Gasteiger partial charge in [-0.2, -0.15) is 0 Å². The first kappa shape index (κ1) is 13.1. The first-order valence-corrected chi connectivity index (χ1v) is 9.40. The van der Waals surface area contributed by atoms with E-state index in [1.165, 1.54) is 25.0 Å². The third-order valence-electron chi connectivity index (χ3n) is 4.11. The molecule has 3 rings (SSSR count). The number of carbonyl (C=O) groups is 1. The summed E-state index contributed by atoms with van der Waals surface area (Å²) in [7, 11) is 4.04. The smallest absolute Gasteiger partial charge is 0.222 e. The summed E-state index contributed by atoms with van der Waals surface area (Å²) in [5, 5.41) is 0.848. The highest BCUT2D eigenvalue weighted by atomic mass is 33.1. The summed E-state index contributed by atoms with van der Waals surface area (Å²) in [6.07, 6.45) is 7.08. The van der Waals surface area contributed by atoms with Crippen molar-refractivity contribution in [3.63, 3.8) is 0 Å². The number of hydrogen-bond donors (Lipinski definition) is 0. The van der Waals surface area contributed by atoms with Crippen LogP contribution < -0.4 is 0 Å². The summed E-state index contributed by atoms with van der Waals surface area (Å²) in [6.45, 7) is 1.62. The average molecular weight is 287 g/mol. The second kappa shape index (κ2) is 6.06. The number of carbonyl (C=O) groups excluding carboxylic acids is 1. The van der Waals surface area contributed by atoms with Gasteiger partial charge in [-0.15, -0.1) is 0 Å². The molecule has 0 unspecified atom stereocenters. The number of rotatable bonds is 5. The van der Waals surface area contributed by atoms with E-state index in [9.17, 15) is 4.79 Å². The van der Waals surface area contributed by atoms with E-state index in [0.29, 0.717) is 18.1 Å². The zero-order chi connectivity index (χ0) is 12.4. The van der Waals surface area contributed by atoms with Crippen LogP contribution in [0.5, 0.6) is 0 Å². The van der Waals surface area contributed by atoms with Gasteiger partial charge in [-0.1, -0.05) is 28.0 Å². The summed E-state index contributed by atoms with van der Waals surface area (Å²) in [5.41, 5.74) is 0. The first-order chi connectivity index (χ1) is 8.83. The van der Waals surface area contributed by atoms with Crippen molar-refractivity contribution < 1.29 is 9.53 Å². The van der Waals surface area contributed by atoms with Gasteiger partial charge in [0.25, 0.3) is 0 Å². The monoisotopic (exact) mass is 287 g/mol. The Morgan fingerprint density at radius 2 is 2.33 bits per heavy atom. The van der Waals surface area contributed by atoms with Gasteiger partial charge in [0.1, 0.15) is 0 Å². The van der Waals surface area contributed by atoms with Crippen molar-refractivity contribution in [1.82, 2.24) is 4.90 Å². The van der Waals surface area contributed by atoms with Crippen molar-refractivity contribution in [2.24, 2.45) is 0 Å². The van der Waals surface area contributed by atoms with Gasteiger partial charge in [0, 0.05) is 24.0 Å². The molecule has 3 aliphatic rings. The standard InChI is InChI=1S/C13H21NO2S2/c15-13(14-8-11-7-10(14)9-16-11)4-2-1-3-12-5-6-17-18-12/h10-12H,1-9H2/t10-,11+,12-/m0/s1. The van der Waals surface area contributed by atoms with E-state index >= 15 is 0 Å². The highest BCUT2D eigenvalue weighted by molar-refractivity contribution is 8.77. The van der Waals surface area contributed by atoms with Gasteiger partial charge >= 0.3 is 0 Å². The Morgan fingerprint density at radius 3 is 3.00 bits per heavy atom. The third kappa shape index (κ3) is 2.99. The van der Waals surface area contributed by atoms with E-state index in [1.807, 2.05) is 21.6 Å². The Hall–Kier alpha value is 0.130. The second-order valence-electron chi connectivity index (χ2n) is 5.47. The molecule has 0 saturated carbocycles. The van der Waals surface area contributed by atoms with Crippen LogP contribution >= 0.6 is 21.6 Å². The molecule has 2 bridgehead atoms. The zero-order valence-corrected chi connectivity index (χ0v) is 12.3. The molecule has 102 valence electrons. The highest BCUT2D eigenvalue weighted by Crippen LogP contribution is 2.40. The summed E-state index contributed by atoms with van der Waals surface area (Å²) in [5.74, 6) is 1.67. The Balaban J connectivity index is 1.32. The molecule has 0 radical (unpaired) electrons. The molecular formula is C13H21NO2S2. The number of hydrogen-bond acceptors (Lipinski definition) is 4. The molecule has 0 aromatic heterocycles. The van der Waals surface area contributed by atoms with Gasteiger partial charge in [-0.25, -0.2) is 0 Å². The van der Waals surface area contributed by atoms with Gasteiger partial charge in [0.15, 0.2) is 0 Å². The van der Waals surface area contributed by atoms with Crippen molar-refractivity contribution >= 4 is 27.5 Å². The van der Waals surface area contributed by atoms with Crippen molar-refractivity contribution in [3.8, 4) is 0 Å². The number of amides is 1. The second-order valence-corrected chi connectivity index (χ2v) is 8.25. The molecule has 0 spiro atoms. The van der Waals surface area contributed by atoms with Crippen LogP contribution in [0.15, 0.2) is 0 Å². The maximum absolute atomic E-state index is 12.1. The molecule has 0 aliphatic carbocycles. The molecular weight excluding hydrogens is 266 g/mol. The molecule has 3 heterocycles. The van der Waals surface area contributed by atoms with Crippen molar-refractivity contribution in [2.45, 2.75) is 55.9 Å². The van der Waals surface area contributed by atoms with E-state index in [1.54, 1.807) is 0 Å². The summed E-state index contributed by atoms with van der Waals surface area (Å²) in [6, 6.07) is 0.393. The van der Waals surface area contributed by atoms with Crippen LogP contribution in [0.2, 0.25) is 0 Å². The predicted octanol–water partition coefficient (Wildman–Crippen LogP) is 2.70. The molecule has 1 amide bonds. The van der Waals surface area contributed by atoms with Crippen molar-refractivity contribution in [1.29, 1.82) is 0 Å². The fourth-order valence-corrected chi connectivity index (χ4v) is 6.09. The minimum atomic E-state index is 0.339. The number of unbranched alkanes of at least 4 members (excludes halogenated alkanes) is 1. The molecule has 3 aliphatic heterocycles. The average Bonchev–Trinajstić information content (AvgIpc) is 3.10. The largest absolute Gasteiger partial charge is 0.374 e. The number of fused-ring (bicyclic) bond motifs is 2. The van der Waals surface area contributed by atoms with E-state index in [4.69, 9.17) is 4.74 Å². The van der Waals surface area contributed by atoms with E-state index < -0.39 is 0 Å². The van der Waals surface area contributed by atoms with E-state index in [2.05, 4.69) is 4.90 Å². The summed E-state index contributed by atoms with van der Waals surface area (Å²) < 4.78 is 5.53. The predicted molar refractivity (Wildman–Crippen MR) is 76.8 cm³/mol. The first-order valence-electron chi connectivity index (χ1n) is 7.02. The van der Waals surface area contributed by atoms with E-state index in [-0.39, 0.29) is 0 Å². The van der Waals surface area contributed by atoms with Gasteiger partial charge in [-0.3, -0.25) is 4.79 Å². The quantitative estimate of drug-likeness (QED) is 0.574. The number of nitrogens with zero attached hydrogens (tertiary/aromatic N) is 1. The van der Waals surface area contributed by atoms with Crippen molar-refractivity contribution in [3.05, 3.63) is 0 Å². The van der Waals surface area contributed by atoms with Crippen molar-refractivity contribution in [2.75, 3.05) is 18.9 Å². The van der Waals surface area contributed by atoms with Crippen LogP contribution in [0.3, 0.4) is 0 Å². The summed E-state index contributed by atoms with van der Waals surface area (Å²) >= 11 is 0. The molecule has 0 aromatic carbocycles. The topological polar surface area (TPSA) is 29.5 Å². The molecule has 3 fully saturated rings. The number of morpholine rings is 1. The van der Waals surface area contributed by atoms with Crippen LogP contribution in [-0.4, -0.2) is 47.1 Å². The Labute approximate surface area is 117 Å². The lowest BCUT2D eigenvalue weighted by atomic mass is 10.1. The fraction of sp³-hybridized carbons (Fsp3) is 0.923. The lowest BCUT2D eigenvalue weighted by Gasteiger charge is -2.26. The lowest BCUT2D eigenvalue weighted by molar-refractivity contribution is -0.135. The van der Waals surface area contributed by atoms with Crippen LogP contribution in [-0.2, 0) is 9.53 Å². The lowest BCUT2D eigenvalue weighted by Crippen LogP contribution is -2.41. The molecule has 3 saturated heterocycles. The highest BCUT2D eigenvalue weighted by Gasteiger charge is 2.40. The summed E-state index contributed by atoms with van der Waals surface area (Å²) in [4.78, 5) is 14.2. The van der Waals surface area contributed by atoms with Crippen LogP contribution in [0.1, 0.15) is 38.5 Å². The molecule has 3 atom stereocenters. The van der Waals surface area contributed by atoms with Crippen LogP contribution in [0.25, 0.3) is 0 Å². The van der Waals surface area contributed by atoms with Gasteiger partial charge in [-0.05, 0) is 25.7 Å². The number of ether oxygens (including phenoxy) is 1. The van der Waals surface area contributed by atoms with Crippen LogP contribution in [0, 0.1) is 0 Å². The third-order valence-corrected chi connectivity index (χ3v) is 7.12. The molecule has 18 heavy (non-hydrogen) atoms. The molecule has 0 aromatic rings. The maximum Gasteiger partial charge on any atom is 0.222 e. The maximum atomic E-state index is 12.1. The SMILES string of the molecule is O=C(CCCC[C@H]1CCSS1)N1C[C@H]2C[C@H]1CO2. The molecule has 0 N–H and O–H groups in total. The zero-order valence-electron chi connectivity index (χ0n) is 10.7. The Morgan fingerprint density at radius 1 is 1.39 bits per heavy atom. The van der Waals surface area contributed by atoms with Gasteiger partial charge in [0.2, 0.25) is 5.91 Å². The van der Waals surface area contributed by atoms with Gasteiger partial charge < -0.3 is 9.64 Å². The number of likely N-dealkylation sites (tertiary alicyclic amines) is 1. The minimum absolute atomic E-state index is 0.339. The minimum Gasteiger partial charge on any atom is -0.374 e. The fourth-order valence-electron chi connectivity index (χ4n) is 3.06. The van der Waals surface area contributed by atoms with Gasteiger partial charge in [0.05, 0.1) is 18.8 Å². The van der Waals surface area contributed by atoms with E-state index in [0.717, 1.165) is 37.7 Å². The molecule has 3 nitrogen and oxygen atoms in total.